The van der Waals surface area contributed by atoms with Crippen LogP contribution in [0.1, 0.15) is 40.9 Å². The van der Waals surface area contributed by atoms with Crippen molar-refractivity contribution in [3.63, 3.8) is 0 Å². The molecule has 1 unspecified atom stereocenters. The number of carbonyl (C=O) groups is 1. The Labute approximate surface area is 180 Å². The van der Waals surface area contributed by atoms with Gasteiger partial charge in [-0.25, -0.2) is 10.6 Å². The molecule has 0 aliphatic carbocycles. The van der Waals surface area contributed by atoms with Gasteiger partial charge in [0.15, 0.2) is 0 Å². The summed E-state index contributed by atoms with van der Waals surface area (Å²) < 4.78 is 1.77. The van der Waals surface area contributed by atoms with Gasteiger partial charge in [-0.3, -0.25) is 4.68 Å². The molecule has 8 nitrogen and oxygen atoms in total. The van der Waals surface area contributed by atoms with Crippen molar-refractivity contribution in [2.45, 2.75) is 19.4 Å². The number of nitrogens with one attached hydrogen (secondary N) is 1. The molecule has 3 aromatic rings. The minimum Gasteiger partial charge on any atom is -0.478 e. The van der Waals surface area contributed by atoms with E-state index in [0.29, 0.717) is 18.7 Å². The van der Waals surface area contributed by atoms with E-state index in [9.17, 15) is 9.90 Å². The average molecular weight is 419 g/mol. The lowest BCUT2D eigenvalue weighted by atomic mass is 9.93. The Morgan fingerprint density at radius 3 is 2.71 bits per heavy atom. The van der Waals surface area contributed by atoms with Gasteiger partial charge in [-0.15, -0.1) is 0 Å². The normalized spacial score (nSPS) is 17.6. The van der Waals surface area contributed by atoms with Crippen molar-refractivity contribution in [3.8, 4) is 11.1 Å². The summed E-state index contributed by atoms with van der Waals surface area (Å²) in [6.45, 7) is 2.44. The van der Waals surface area contributed by atoms with E-state index in [1.807, 2.05) is 44.6 Å². The van der Waals surface area contributed by atoms with Gasteiger partial charge in [0.05, 0.1) is 23.5 Å². The Morgan fingerprint density at radius 1 is 1.23 bits per heavy atom. The number of hydrazine groups is 1. The molecule has 6 N–H and O–H groups in total. The van der Waals surface area contributed by atoms with Crippen LogP contribution in [0.25, 0.3) is 16.8 Å². The van der Waals surface area contributed by atoms with E-state index in [2.05, 4.69) is 16.5 Å². The van der Waals surface area contributed by atoms with Crippen LogP contribution in [0.5, 0.6) is 0 Å². The standard InChI is InChI=1S/C23H26N6O2/c1-14(24)22-19-7-6-15(17-12-26-28(2)13-17)11-20(19)21(8-9-29(22)25)27-18-5-3-4-16(10-18)23(30)31/h3-7,10-13,21,27H,8-9,24-25H2,1-2H3,(H,30,31)/b22-14-. The molecule has 31 heavy (non-hydrogen) atoms. The highest BCUT2D eigenvalue weighted by atomic mass is 16.4. The van der Waals surface area contributed by atoms with Gasteiger partial charge in [0.1, 0.15) is 0 Å². The molecule has 1 aromatic heterocycles. The zero-order valence-corrected chi connectivity index (χ0v) is 17.5. The SMILES string of the molecule is C/C(N)=C1\c2ccc(-c3cnn(C)c3)cc2C(Nc2cccc(C(=O)O)c2)CCN1N. The highest BCUT2D eigenvalue weighted by molar-refractivity contribution is 5.88. The first-order chi connectivity index (χ1) is 14.8. The molecule has 4 rings (SSSR count). The summed E-state index contributed by atoms with van der Waals surface area (Å²) in [5, 5.41) is 18.8. The molecule has 0 radical (unpaired) electrons. The number of rotatable bonds is 4. The summed E-state index contributed by atoms with van der Waals surface area (Å²) in [7, 11) is 1.89. The van der Waals surface area contributed by atoms with E-state index in [-0.39, 0.29) is 11.6 Å². The lowest BCUT2D eigenvalue weighted by Gasteiger charge is -2.22. The van der Waals surface area contributed by atoms with E-state index < -0.39 is 5.97 Å². The van der Waals surface area contributed by atoms with Crippen molar-refractivity contribution in [2.75, 3.05) is 11.9 Å². The second kappa shape index (κ2) is 8.16. The zero-order valence-electron chi connectivity index (χ0n) is 17.5. The summed E-state index contributed by atoms with van der Waals surface area (Å²) >= 11 is 0. The van der Waals surface area contributed by atoms with E-state index in [0.717, 1.165) is 33.6 Å². The molecular formula is C23H26N6O2. The number of hydrogen-bond acceptors (Lipinski definition) is 6. The van der Waals surface area contributed by atoms with Crippen molar-refractivity contribution in [1.29, 1.82) is 0 Å². The number of benzene rings is 2. The summed E-state index contributed by atoms with van der Waals surface area (Å²) in [6.07, 6.45) is 4.52. The minimum absolute atomic E-state index is 0.0847. The molecular weight excluding hydrogens is 392 g/mol. The van der Waals surface area contributed by atoms with Crippen molar-refractivity contribution in [1.82, 2.24) is 14.8 Å². The van der Waals surface area contributed by atoms with Gasteiger partial charge in [0, 0.05) is 42.3 Å². The number of aromatic nitrogens is 2. The van der Waals surface area contributed by atoms with Gasteiger partial charge in [0.2, 0.25) is 0 Å². The first-order valence-corrected chi connectivity index (χ1v) is 10.1. The van der Waals surface area contributed by atoms with Crippen LogP contribution < -0.4 is 16.9 Å². The first kappa shape index (κ1) is 20.5. The number of carboxylic acid groups (broad SMARTS) is 1. The lowest BCUT2D eigenvalue weighted by Crippen LogP contribution is -2.31. The number of anilines is 1. The van der Waals surface area contributed by atoms with Crippen LogP contribution in [0.2, 0.25) is 0 Å². The van der Waals surface area contributed by atoms with Gasteiger partial charge in [-0.2, -0.15) is 5.10 Å². The third-order valence-electron chi connectivity index (χ3n) is 5.49. The van der Waals surface area contributed by atoms with Crippen LogP contribution in [-0.4, -0.2) is 32.4 Å². The van der Waals surface area contributed by atoms with Crippen LogP contribution in [0, 0.1) is 0 Å². The van der Waals surface area contributed by atoms with Crippen LogP contribution >= 0.6 is 0 Å². The Kier molecular flexibility index (Phi) is 5.39. The van der Waals surface area contributed by atoms with E-state index >= 15 is 0 Å². The highest BCUT2D eigenvalue weighted by Crippen LogP contribution is 2.37. The molecule has 0 spiro atoms. The summed E-state index contributed by atoms with van der Waals surface area (Å²) in [4.78, 5) is 11.4. The smallest absolute Gasteiger partial charge is 0.335 e. The predicted molar refractivity (Wildman–Crippen MR) is 121 cm³/mol. The number of aryl methyl sites for hydroxylation is 1. The molecule has 0 saturated carbocycles. The van der Waals surface area contributed by atoms with Gasteiger partial charge in [-0.05, 0) is 48.7 Å². The van der Waals surface area contributed by atoms with Crippen LogP contribution in [0.4, 0.5) is 5.69 Å². The van der Waals surface area contributed by atoms with E-state index in [4.69, 9.17) is 11.6 Å². The number of aromatic carboxylic acids is 1. The zero-order chi connectivity index (χ0) is 22.1. The molecule has 0 saturated heterocycles. The average Bonchev–Trinajstić information content (AvgIpc) is 3.12. The summed E-state index contributed by atoms with van der Waals surface area (Å²) in [6, 6.07) is 13.0. The molecule has 2 heterocycles. The van der Waals surface area contributed by atoms with Gasteiger partial charge in [0.25, 0.3) is 0 Å². The number of fused-ring (bicyclic) bond motifs is 1. The van der Waals surface area contributed by atoms with E-state index in [1.54, 1.807) is 27.9 Å². The van der Waals surface area contributed by atoms with Crippen LogP contribution in [0.3, 0.4) is 0 Å². The topological polar surface area (TPSA) is 122 Å². The Balaban J connectivity index is 1.81. The molecule has 8 heteroatoms. The van der Waals surface area contributed by atoms with Crippen molar-refractivity contribution < 1.29 is 9.90 Å². The molecule has 2 aromatic carbocycles. The molecule has 0 amide bonds. The number of carboxylic acids is 1. The second-order valence-electron chi connectivity index (χ2n) is 7.80. The number of hydrogen-bond donors (Lipinski definition) is 4. The number of nitrogens with two attached hydrogens (primary N) is 2. The van der Waals surface area contributed by atoms with Gasteiger partial charge >= 0.3 is 5.97 Å². The maximum Gasteiger partial charge on any atom is 0.335 e. The number of nitrogens with zero attached hydrogens (tertiary/aromatic N) is 3. The predicted octanol–water partition coefficient (Wildman–Crippen LogP) is 3.17. The molecule has 160 valence electrons. The molecule has 1 aliphatic rings. The second-order valence-corrected chi connectivity index (χ2v) is 7.80. The maximum atomic E-state index is 11.4. The third kappa shape index (κ3) is 4.10. The number of allylic oxidation sites excluding steroid dienone is 1. The Morgan fingerprint density at radius 2 is 2.03 bits per heavy atom. The first-order valence-electron chi connectivity index (χ1n) is 10.1. The van der Waals surface area contributed by atoms with E-state index in [1.165, 1.54) is 0 Å². The molecule has 0 fully saturated rings. The summed E-state index contributed by atoms with van der Waals surface area (Å²) in [5.74, 6) is 5.39. The quantitative estimate of drug-likeness (QED) is 0.480. The Bertz CT molecular complexity index is 1160. The highest BCUT2D eigenvalue weighted by Gasteiger charge is 2.26. The van der Waals surface area contributed by atoms with Crippen LogP contribution in [0.15, 0.2) is 60.6 Å². The third-order valence-corrected chi connectivity index (χ3v) is 5.49. The van der Waals surface area contributed by atoms with Crippen molar-refractivity contribution >= 4 is 17.4 Å². The monoisotopic (exact) mass is 418 g/mol. The fourth-order valence-corrected chi connectivity index (χ4v) is 4.04. The van der Waals surface area contributed by atoms with Gasteiger partial charge < -0.3 is 21.2 Å². The lowest BCUT2D eigenvalue weighted by molar-refractivity contribution is 0.0697. The minimum atomic E-state index is -0.958. The van der Waals surface area contributed by atoms with Crippen molar-refractivity contribution in [2.24, 2.45) is 18.6 Å². The summed E-state index contributed by atoms with van der Waals surface area (Å²) in [5.41, 5.74) is 12.7. The van der Waals surface area contributed by atoms with Crippen LogP contribution in [-0.2, 0) is 7.05 Å². The Hall–Kier alpha value is -3.78. The fourth-order valence-electron chi connectivity index (χ4n) is 4.04. The molecule has 1 atom stereocenters. The largest absolute Gasteiger partial charge is 0.478 e. The van der Waals surface area contributed by atoms with Gasteiger partial charge in [-0.1, -0.05) is 18.2 Å². The molecule has 0 bridgehead atoms. The maximum absolute atomic E-state index is 11.4. The molecule has 1 aliphatic heterocycles. The fraction of sp³-hybridized carbons (Fsp3) is 0.217. The van der Waals surface area contributed by atoms with Crippen molar-refractivity contribution in [3.05, 3.63) is 77.2 Å².